The molecule has 148 valence electrons. The van der Waals surface area contributed by atoms with Crippen molar-refractivity contribution in [2.45, 2.75) is 26.9 Å². The Balaban J connectivity index is 1.57. The first-order valence-electron chi connectivity index (χ1n) is 8.97. The van der Waals surface area contributed by atoms with Gasteiger partial charge in [-0.05, 0) is 26.8 Å². The summed E-state index contributed by atoms with van der Waals surface area (Å²) in [5.74, 6) is 1.05. The van der Waals surface area contributed by atoms with Crippen molar-refractivity contribution in [1.29, 1.82) is 0 Å². The maximum Gasteiger partial charge on any atom is 0.433 e. The highest BCUT2D eigenvalue weighted by Gasteiger charge is 2.34. The third kappa shape index (κ3) is 3.46. The van der Waals surface area contributed by atoms with Gasteiger partial charge in [-0.15, -0.1) is 0 Å². The quantitative estimate of drug-likeness (QED) is 0.670. The van der Waals surface area contributed by atoms with Gasteiger partial charge in [-0.2, -0.15) is 22.8 Å². The summed E-state index contributed by atoms with van der Waals surface area (Å²) >= 11 is 0. The molecule has 1 fully saturated rings. The molecule has 0 bridgehead atoms. The summed E-state index contributed by atoms with van der Waals surface area (Å²) in [5.41, 5.74) is 1.95. The molecule has 4 heterocycles. The fourth-order valence-electron chi connectivity index (χ4n) is 3.40. The van der Waals surface area contributed by atoms with E-state index in [0.717, 1.165) is 28.9 Å². The van der Waals surface area contributed by atoms with E-state index in [1.54, 1.807) is 11.8 Å². The Kier molecular flexibility index (Phi) is 4.35. The van der Waals surface area contributed by atoms with Crippen LogP contribution in [0.2, 0.25) is 0 Å². The van der Waals surface area contributed by atoms with Gasteiger partial charge in [0.05, 0.1) is 5.69 Å². The molecule has 0 N–H and O–H groups in total. The van der Waals surface area contributed by atoms with Crippen LogP contribution in [0.5, 0.6) is 0 Å². The summed E-state index contributed by atoms with van der Waals surface area (Å²) in [6.45, 7) is 7.67. The zero-order valence-electron chi connectivity index (χ0n) is 15.8. The van der Waals surface area contributed by atoms with Crippen LogP contribution in [0.1, 0.15) is 22.8 Å². The lowest BCUT2D eigenvalue weighted by Crippen LogP contribution is -2.48. The molecular formula is C18H20F3N7. The van der Waals surface area contributed by atoms with E-state index < -0.39 is 11.9 Å². The molecule has 0 amide bonds. The number of fused-ring (bicyclic) bond motifs is 1. The Morgan fingerprint density at radius 3 is 2.11 bits per heavy atom. The lowest BCUT2D eigenvalue weighted by molar-refractivity contribution is -0.141. The monoisotopic (exact) mass is 391 g/mol. The third-order valence-electron chi connectivity index (χ3n) is 4.68. The second-order valence-corrected chi connectivity index (χ2v) is 6.98. The summed E-state index contributed by atoms with van der Waals surface area (Å²) in [7, 11) is 0. The molecule has 0 atom stereocenters. The molecule has 1 saturated heterocycles. The number of hydrogen-bond acceptors (Lipinski definition) is 6. The molecule has 28 heavy (non-hydrogen) atoms. The number of piperazine rings is 1. The van der Waals surface area contributed by atoms with E-state index in [9.17, 15) is 13.2 Å². The van der Waals surface area contributed by atoms with E-state index in [0.29, 0.717) is 31.9 Å². The molecule has 1 aliphatic heterocycles. The number of alkyl halides is 3. The third-order valence-corrected chi connectivity index (χ3v) is 4.68. The smallest absolute Gasteiger partial charge is 0.353 e. The van der Waals surface area contributed by atoms with Crippen LogP contribution < -0.4 is 9.80 Å². The number of aryl methyl sites for hydroxylation is 3. The molecule has 0 saturated carbocycles. The van der Waals surface area contributed by atoms with E-state index in [-0.39, 0.29) is 5.95 Å². The normalized spacial score (nSPS) is 15.5. The number of rotatable bonds is 2. The standard InChI is InChI=1S/C18H20F3N7/c1-11-8-14(18(19,20)21)24-17(23-11)27-6-4-26(5-7-27)16-10-12(2)22-15-9-13(3)25-28(15)16/h8-10H,4-7H2,1-3H3. The van der Waals surface area contributed by atoms with Gasteiger partial charge in [0.25, 0.3) is 0 Å². The molecule has 0 unspecified atom stereocenters. The largest absolute Gasteiger partial charge is 0.433 e. The van der Waals surface area contributed by atoms with Crippen molar-refractivity contribution in [1.82, 2.24) is 24.6 Å². The lowest BCUT2D eigenvalue weighted by Gasteiger charge is -2.36. The number of anilines is 2. The first kappa shape index (κ1) is 18.5. The van der Waals surface area contributed by atoms with Gasteiger partial charge in [-0.25, -0.2) is 15.0 Å². The van der Waals surface area contributed by atoms with E-state index in [4.69, 9.17) is 0 Å². The van der Waals surface area contributed by atoms with Gasteiger partial charge < -0.3 is 9.80 Å². The predicted molar refractivity (Wildman–Crippen MR) is 98.7 cm³/mol. The average Bonchev–Trinajstić information content (AvgIpc) is 3.00. The van der Waals surface area contributed by atoms with Crippen molar-refractivity contribution in [3.63, 3.8) is 0 Å². The van der Waals surface area contributed by atoms with Crippen LogP contribution in [0.15, 0.2) is 18.2 Å². The molecule has 7 nitrogen and oxygen atoms in total. The highest BCUT2D eigenvalue weighted by atomic mass is 19.4. The van der Waals surface area contributed by atoms with Crippen molar-refractivity contribution in [3.05, 3.63) is 41.0 Å². The number of nitrogens with zero attached hydrogens (tertiary/aromatic N) is 7. The molecule has 4 rings (SSSR count). The minimum absolute atomic E-state index is 0.123. The van der Waals surface area contributed by atoms with E-state index in [2.05, 4.69) is 25.0 Å². The number of halogens is 3. The summed E-state index contributed by atoms with van der Waals surface area (Å²) in [4.78, 5) is 16.4. The Hall–Kier alpha value is -2.91. The van der Waals surface area contributed by atoms with Gasteiger partial charge in [0.15, 0.2) is 5.65 Å². The van der Waals surface area contributed by atoms with Gasteiger partial charge in [0.1, 0.15) is 11.5 Å². The van der Waals surface area contributed by atoms with Crippen molar-refractivity contribution >= 4 is 17.4 Å². The molecule has 3 aromatic heterocycles. The van der Waals surface area contributed by atoms with Crippen LogP contribution in [0.25, 0.3) is 5.65 Å². The molecule has 0 spiro atoms. The van der Waals surface area contributed by atoms with Crippen LogP contribution >= 0.6 is 0 Å². The Morgan fingerprint density at radius 1 is 0.786 bits per heavy atom. The summed E-state index contributed by atoms with van der Waals surface area (Å²) in [5, 5.41) is 4.51. The molecule has 0 radical (unpaired) electrons. The zero-order chi connectivity index (χ0) is 20.1. The minimum atomic E-state index is -4.48. The Morgan fingerprint density at radius 2 is 1.43 bits per heavy atom. The molecule has 0 aliphatic carbocycles. The van der Waals surface area contributed by atoms with Crippen LogP contribution in [0.3, 0.4) is 0 Å². The average molecular weight is 391 g/mol. The lowest BCUT2D eigenvalue weighted by atomic mass is 10.3. The molecular weight excluding hydrogens is 371 g/mol. The van der Waals surface area contributed by atoms with E-state index in [1.165, 1.54) is 0 Å². The first-order chi connectivity index (χ1) is 13.2. The molecule has 0 aromatic carbocycles. The van der Waals surface area contributed by atoms with Crippen LogP contribution in [0.4, 0.5) is 24.9 Å². The number of hydrogen-bond donors (Lipinski definition) is 0. The second kappa shape index (κ2) is 6.61. The topological polar surface area (TPSA) is 62.5 Å². The van der Waals surface area contributed by atoms with Gasteiger partial charge in [-0.1, -0.05) is 0 Å². The highest BCUT2D eigenvalue weighted by molar-refractivity contribution is 5.53. The van der Waals surface area contributed by atoms with E-state index >= 15 is 0 Å². The summed E-state index contributed by atoms with van der Waals surface area (Å²) in [6.07, 6.45) is -4.48. The zero-order valence-corrected chi connectivity index (χ0v) is 15.8. The minimum Gasteiger partial charge on any atom is -0.353 e. The predicted octanol–water partition coefficient (Wildman–Crippen LogP) is 2.79. The maximum absolute atomic E-state index is 13.1. The SMILES string of the molecule is Cc1cc(C(F)(F)F)nc(N2CCN(c3cc(C)nc4cc(C)nn34)CC2)n1. The molecule has 1 aliphatic rings. The Labute approximate surface area is 159 Å². The van der Waals surface area contributed by atoms with Crippen molar-refractivity contribution in [3.8, 4) is 0 Å². The van der Waals surface area contributed by atoms with Crippen molar-refractivity contribution < 1.29 is 13.2 Å². The van der Waals surface area contributed by atoms with Gasteiger partial charge in [0, 0.05) is 49.7 Å². The summed E-state index contributed by atoms with van der Waals surface area (Å²) in [6, 6.07) is 4.86. The number of aromatic nitrogens is 5. The fraction of sp³-hybridized carbons (Fsp3) is 0.444. The van der Waals surface area contributed by atoms with Crippen molar-refractivity contribution in [2.75, 3.05) is 36.0 Å². The van der Waals surface area contributed by atoms with E-state index in [1.807, 2.05) is 30.5 Å². The fourth-order valence-corrected chi connectivity index (χ4v) is 3.40. The Bertz CT molecular complexity index is 1020. The van der Waals surface area contributed by atoms with Crippen molar-refractivity contribution in [2.24, 2.45) is 0 Å². The van der Waals surface area contributed by atoms with Gasteiger partial charge in [-0.3, -0.25) is 0 Å². The van der Waals surface area contributed by atoms with Crippen LogP contribution in [-0.4, -0.2) is 50.7 Å². The summed E-state index contributed by atoms with van der Waals surface area (Å²) < 4.78 is 41.0. The second-order valence-electron chi connectivity index (χ2n) is 6.98. The highest BCUT2D eigenvalue weighted by Crippen LogP contribution is 2.29. The van der Waals surface area contributed by atoms with Crippen LogP contribution in [-0.2, 0) is 6.18 Å². The van der Waals surface area contributed by atoms with Gasteiger partial charge >= 0.3 is 6.18 Å². The van der Waals surface area contributed by atoms with Gasteiger partial charge in [0.2, 0.25) is 5.95 Å². The van der Waals surface area contributed by atoms with Crippen LogP contribution in [0, 0.1) is 20.8 Å². The molecule has 10 heteroatoms. The molecule has 3 aromatic rings. The maximum atomic E-state index is 13.1. The first-order valence-corrected chi connectivity index (χ1v) is 8.97.